The summed E-state index contributed by atoms with van der Waals surface area (Å²) < 4.78 is 0. The lowest BCUT2D eigenvalue weighted by molar-refractivity contribution is -0.143. The number of anilines is 2. The zero-order valence-electron chi connectivity index (χ0n) is 25.2. The van der Waals surface area contributed by atoms with Crippen molar-refractivity contribution in [2.75, 3.05) is 11.1 Å². The van der Waals surface area contributed by atoms with Gasteiger partial charge in [0.1, 0.15) is 6.04 Å². The number of amides is 2. The van der Waals surface area contributed by atoms with Crippen LogP contribution >= 0.6 is 0 Å². The van der Waals surface area contributed by atoms with Crippen molar-refractivity contribution in [2.24, 2.45) is 17.3 Å². The highest BCUT2D eigenvalue weighted by Crippen LogP contribution is 2.27. The van der Waals surface area contributed by atoms with Crippen molar-refractivity contribution < 1.29 is 19.5 Å². The van der Waals surface area contributed by atoms with E-state index in [9.17, 15) is 19.5 Å². The average molecular weight is 572 g/mol. The van der Waals surface area contributed by atoms with Crippen molar-refractivity contribution in [3.63, 3.8) is 0 Å². The van der Waals surface area contributed by atoms with Crippen molar-refractivity contribution in [1.29, 1.82) is 0 Å². The number of nitrogens with one attached hydrogen (secondary N) is 2. The van der Waals surface area contributed by atoms with Crippen LogP contribution in [0.2, 0.25) is 0 Å². The fourth-order valence-corrected chi connectivity index (χ4v) is 5.09. The summed E-state index contributed by atoms with van der Waals surface area (Å²) in [6.45, 7) is 7.73. The first-order valence-corrected chi connectivity index (χ1v) is 14.8. The Morgan fingerprint density at radius 2 is 1.52 bits per heavy atom. The highest BCUT2D eigenvalue weighted by molar-refractivity contribution is 5.98. The van der Waals surface area contributed by atoms with E-state index in [4.69, 9.17) is 5.73 Å². The molecule has 0 aromatic heterocycles. The van der Waals surface area contributed by atoms with Crippen LogP contribution in [0.15, 0.2) is 78.9 Å². The van der Waals surface area contributed by atoms with E-state index < -0.39 is 29.3 Å². The Kier molecular flexibility index (Phi) is 11.7. The SMILES string of the molecule is CCCC[C@@H](C[C@@H](CCc1ccc(-c2cccc(N)c2)cc1)C(=O)N[C@H](C(=O)Nc1ccccc1)C(C)(C)C)C(=O)O. The molecule has 0 spiro atoms. The number of carbonyl (C=O) groups is 3. The van der Waals surface area contributed by atoms with Crippen LogP contribution < -0.4 is 16.4 Å². The summed E-state index contributed by atoms with van der Waals surface area (Å²) in [5.74, 6) is -2.68. The fourth-order valence-electron chi connectivity index (χ4n) is 5.09. The lowest BCUT2D eigenvalue weighted by Gasteiger charge is -2.32. The lowest BCUT2D eigenvalue weighted by Crippen LogP contribution is -2.53. The van der Waals surface area contributed by atoms with Gasteiger partial charge in [0, 0.05) is 17.3 Å². The van der Waals surface area contributed by atoms with Gasteiger partial charge >= 0.3 is 5.97 Å². The van der Waals surface area contributed by atoms with Crippen LogP contribution in [0.5, 0.6) is 0 Å². The van der Waals surface area contributed by atoms with Crippen LogP contribution in [-0.4, -0.2) is 28.9 Å². The Hall–Kier alpha value is -4.13. The molecule has 0 saturated heterocycles. The van der Waals surface area contributed by atoms with Gasteiger partial charge in [0.05, 0.1) is 5.92 Å². The molecule has 0 saturated carbocycles. The largest absolute Gasteiger partial charge is 0.481 e. The number of nitrogen functional groups attached to an aromatic ring is 1. The number of aliphatic carboxylic acids is 1. The third kappa shape index (κ3) is 9.75. The van der Waals surface area contributed by atoms with Crippen molar-refractivity contribution in [3.8, 4) is 11.1 Å². The van der Waals surface area contributed by atoms with Gasteiger partial charge in [-0.3, -0.25) is 14.4 Å². The number of carboxylic acids is 1. The number of hydrogen-bond donors (Lipinski definition) is 4. The quantitative estimate of drug-likeness (QED) is 0.156. The maximum Gasteiger partial charge on any atom is 0.306 e. The molecule has 0 aliphatic carbocycles. The molecule has 0 bridgehead atoms. The molecule has 7 heteroatoms. The smallest absolute Gasteiger partial charge is 0.306 e. The number of hydrogen-bond acceptors (Lipinski definition) is 4. The Balaban J connectivity index is 1.78. The van der Waals surface area contributed by atoms with Crippen LogP contribution in [-0.2, 0) is 20.8 Å². The number of rotatable bonds is 14. The van der Waals surface area contributed by atoms with E-state index in [2.05, 4.69) is 10.6 Å². The molecule has 2 amide bonds. The minimum absolute atomic E-state index is 0.222. The highest BCUT2D eigenvalue weighted by Gasteiger charge is 2.35. The van der Waals surface area contributed by atoms with Gasteiger partial charge in [0.25, 0.3) is 0 Å². The molecular weight excluding hydrogens is 526 g/mol. The molecule has 3 aromatic carbocycles. The van der Waals surface area contributed by atoms with Gasteiger partial charge in [0.2, 0.25) is 11.8 Å². The van der Waals surface area contributed by atoms with E-state index in [0.29, 0.717) is 30.6 Å². The van der Waals surface area contributed by atoms with Gasteiger partial charge in [-0.25, -0.2) is 0 Å². The van der Waals surface area contributed by atoms with Crippen LogP contribution in [0, 0.1) is 17.3 Å². The molecule has 3 aromatic rings. The number of aryl methyl sites for hydroxylation is 1. The van der Waals surface area contributed by atoms with Crippen LogP contribution in [0.25, 0.3) is 11.1 Å². The number of unbranched alkanes of at least 4 members (excludes halogenated alkanes) is 1. The molecule has 0 aliphatic heterocycles. The Morgan fingerprint density at radius 3 is 2.12 bits per heavy atom. The minimum Gasteiger partial charge on any atom is -0.481 e. The van der Waals surface area contributed by atoms with Crippen molar-refractivity contribution >= 4 is 29.2 Å². The van der Waals surface area contributed by atoms with E-state index in [1.165, 1.54) is 0 Å². The number of carboxylic acid groups (broad SMARTS) is 1. The first-order chi connectivity index (χ1) is 20.0. The topological polar surface area (TPSA) is 122 Å². The van der Waals surface area contributed by atoms with Crippen molar-refractivity contribution in [2.45, 2.75) is 72.3 Å². The minimum atomic E-state index is -0.887. The summed E-state index contributed by atoms with van der Waals surface area (Å²) in [5.41, 5.74) is 9.85. The van der Waals surface area contributed by atoms with Gasteiger partial charge < -0.3 is 21.5 Å². The monoisotopic (exact) mass is 571 g/mol. The number of carbonyl (C=O) groups excluding carboxylic acids is 2. The van der Waals surface area contributed by atoms with Crippen LogP contribution in [0.4, 0.5) is 11.4 Å². The molecular formula is C35H45N3O4. The first-order valence-electron chi connectivity index (χ1n) is 14.8. The van der Waals surface area contributed by atoms with E-state index in [-0.39, 0.29) is 18.2 Å². The molecule has 0 unspecified atom stereocenters. The molecule has 7 nitrogen and oxygen atoms in total. The summed E-state index contributed by atoms with van der Waals surface area (Å²) in [6.07, 6.45) is 3.47. The number of benzene rings is 3. The Bertz CT molecular complexity index is 1320. The normalized spacial score (nSPS) is 13.5. The second kappa shape index (κ2) is 15.2. The zero-order valence-corrected chi connectivity index (χ0v) is 25.2. The molecule has 0 fully saturated rings. The van der Waals surface area contributed by atoms with Gasteiger partial charge in [-0.1, -0.05) is 95.1 Å². The second-order valence-corrected chi connectivity index (χ2v) is 12.1. The summed E-state index contributed by atoms with van der Waals surface area (Å²) in [7, 11) is 0. The zero-order chi connectivity index (χ0) is 30.7. The van der Waals surface area contributed by atoms with Crippen LogP contribution in [0.3, 0.4) is 0 Å². The summed E-state index contributed by atoms with van der Waals surface area (Å²) >= 11 is 0. The van der Waals surface area contributed by atoms with Crippen molar-refractivity contribution in [1.82, 2.24) is 5.32 Å². The predicted molar refractivity (Wildman–Crippen MR) is 170 cm³/mol. The van der Waals surface area contributed by atoms with Crippen molar-refractivity contribution in [3.05, 3.63) is 84.4 Å². The van der Waals surface area contributed by atoms with E-state index >= 15 is 0 Å². The summed E-state index contributed by atoms with van der Waals surface area (Å²) in [5, 5.41) is 15.8. The standard InChI is InChI=1S/C35H45N3O4/c1-5-6-11-28(34(41)42)22-27(21-18-24-16-19-25(20-17-24)26-12-10-13-29(36)23-26)32(39)38-31(35(2,3)4)33(40)37-30-14-8-7-9-15-30/h7-10,12-17,19-20,23,27-28,31H,5-6,11,18,21-22,36H2,1-4H3,(H,37,40)(H,38,39)(H,41,42)/t27-,28+,31-/m1/s1. The van der Waals surface area contributed by atoms with Gasteiger partial charge in [-0.05, 0) is 72.1 Å². The van der Waals surface area contributed by atoms with E-state index in [0.717, 1.165) is 29.5 Å². The molecule has 224 valence electrons. The summed E-state index contributed by atoms with van der Waals surface area (Å²) in [4.78, 5) is 39.2. The Labute approximate surface area is 249 Å². The maximum atomic E-state index is 13.8. The molecule has 0 aliphatic rings. The van der Waals surface area contributed by atoms with Gasteiger partial charge in [-0.2, -0.15) is 0 Å². The average Bonchev–Trinajstić information content (AvgIpc) is 2.95. The molecule has 3 atom stereocenters. The van der Waals surface area contributed by atoms with E-state index in [1.807, 2.05) is 94.4 Å². The third-order valence-corrected chi connectivity index (χ3v) is 7.61. The summed E-state index contributed by atoms with van der Waals surface area (Å²) in [6, 6.07) is 24.2. The second-order valence-electron chi connectivity index (χ2n) is 12.1. The molecule has 0 heterocycles. The number of para-hydroxylation sites is 1. The van der Waals surface area contributed by atoms with E-state index in [1.54, 1.807) is 12.1 Å². The van der Waals surface area contributed by atoms with Gasteiger partial charge in [0.15, 0.2) is 0 Å². The highest BCUT2D eigenvalue weighted by atomic mass is 16.4. The Morgan fingerprint density at radius 1 is 0.833 bits per heavy atom. The molecule has 5 N–H and O–H groups in total. The third-order valence-electron chi connectivity index (χ3n) is 7.61. The first kappa shape index (κ1) is 32.4. The predicted octanol–water partition coefficient (Wildman–Crippen LogP) is 6.94. The molecule has 3 rings (SSSR count). The fraction of sp³-hybridized carbons (Fsp3) is 0.400. The molecule has 0 radical (unpaired) electrons. The maximum absolute atomic E-state index is 13.8. The molecule has 42 heavy (non-hydrogen) atoms. The van der Waals surface area contributed by atoms with Crippen LogP contribution in [0.1, 0.15) is 65.4 Å². The number of nitrogens with two attached hydrogens (primary N) is 1. The van der Waals surface area contributed by atoms with Gasteiger partial charge in [-0.15, -0.1) is 0 Å². The lowest BCUT2D eigenvalue weighted by atomic mass is 9.83.